The highest BCUT2D eigenvalue weighted by atomic mass is 16.5. The highest BCUT2D eigenvalue weighted by Gasteiger charge is 2.22. The summed E-state index contributed by atoms with van der Waals surface area (Å²) in [5.74, 6) is 0. The average molecular weight is 247 g/mol. The van der Waals surface area contributed by atoms with Crippen LogP contribution in [0.4, 0.5) is 0 Å². The van der Waals surface area contributed by atoms with E-state index in [9.17, 15) is 0 Å². The van der Waals surface area contributed by atoms with Gasteiger partial charge in [-0.2, -0.15) is 0 Å². The van der Waals surface area contributed by atoms with Crippen molar-refractivity contribution >= 4 is 0 Å². The largest absolute Gasteiger partial charge is 0.382 e. The summed E-state index contributed by atoms with van der Waals surface area (Å²) < 4.78 is 15.9. The Labute approximate surface area is 106 Å². The molecule has 0 aromatic heterocycles. The van der Waals surface area contributed by atoms with Crippen LogP contribution < -0.4 is 5.32 Å². The van der Waals surface area contributed by atoms with Gasteiger partial charge in [-0.05, 0) is 18.9 Å². The summed E-state index contributed by atoms with van der Waals surface area (Å²) in [5, 5.41) is 3.29. The second-order valence-corrected chi connectivity index (χ2v) is 5.24. The lowest BCUT2D eigenvalue weighted by atomic mass is 9.87. The lowest BCUT2D eigenvalue weighted by Crippen LogP contribution is -2.41. The van der Waals surface area contributed by atoms with Crippen molar-refractivity contribution in [3.63, 3.8) is 0 Å². The minimum atomic E-state index is 0.226. The molecule has 0 aromatic carbocycles. The molecule has 1 unspecified atom stereocenters. The second kappa shape index (κ2) is 9.83. The van der Waals surface area contributed by atoms with Gasteiger partial charge >= 0.3 is 0 Å². The maximum absolute atomic E-state index is 5.65. The molecule has 0 aromatic rings. The Morgan fingerprint density at radius 1 is 1.00 bits per heavy atom. The fourth-order valence-electron chi connectivity index (χ4n) is 1.47. The van der Waals surface area contributed by atoms with Gasteiger partial charge < -0.3 is 19.5 Å². The van der Waals surface area contributed by atoms with E-state index in [-0.39, 0.29) is 5.41 Å². The number of methoxy groups -OCH3 is 1. The summed E-state index contributed by atoms with van der Waals surface area (Å²) in [5.41, 5.74) is 0.226. The van der Waals surface area contributed by atoms with Crippen molar-refractivity contribution in [1.82, 2.24) is 5.32 Å². The van der Waals surface area contributed by atoms with Gasteiger partial charge in [-0.3, -0.25) is 0 Å². The number of hydrogen-bond acceptors (Lipinski definition) is 4. The lowest BCUT2D eigenvalue weighted by molar-refractivity contribution is 0.0394. The molecule has 0 aliphatic carbocycles. The van der Waals surface area contributed by atoms with Crippen LogP contribution >= 0.6 is 0 Å². The first-order valence-corrected chi connectivity index (χ1v) is 6.34. The highest BCUT2D eigenvalue weighted by molar-refractivity contribution is 4.78. The van der Waals surface area contributed by atoms with Crippen LogP contribution in [0.3, 0.4) is 0 Å². The van der Waals surface area contributed by atoms with E-state index >= 15 is 0 Å². The summed E-state index contributed by atoms with van der Waals surface area (Å²) in [6, 6.07) is 0.386. The normalized spacial score (nSPS) is 13.9. The zero-order chi connectivity index (χ0) is 13.1. The molecule has 1 atom stereocenters. The van der Waals surface area contributed by atoms with E-state index in [4.69, 9.17) is 14.2 Å². The Morgan fingerprint density at radius 3 is 2.18 bits per heavy atom. The van der Waals surface area contributed by atoms with Gasteiger partial charge in [0.05, 0.1) is 19.8 Å². The Balaban J connectivity index is 3.38. The van der Waals surface area contributed by atoms with Gasteiger partial charge in [-0.1, -0.05) is 20.8 Å². The molecule has 0 aliphatic rings. The van der Waals surface area contributed by atoms with Crippen molar-refractivity contribution in [2.24, 2.45) is 5.41 Å². The number of hydrogen-bond donors (Lipinski definition) is 1. The molecule has 4 nitrogen and oxygen atoms in total. The fourth-order valence-corrected chi connectivity index (χ4v) is 1.47. The van der Waals surface area contributed by atoms with Crippen molar-refractivity contribution in [3.8, 4) is 0 Å². The molecule has 1 N–H and O–H groups in total. The van der Waals surface area contributed by atoms with Gasteiger partial charge in [0, 0.05) is 26.4 Å². The van der Waals surface area contributed by atoms with E-state index in [1.165, 1.54) is 0 Å². The molecule has 104 valence electrons. The smallest absolute Gasteiger partial charge is 0.0700 e. The van der Waals surface area contributed by atoms with Crippen molar-refractivity contribution in [1.29, 1.82) is 0 Å². The molecule has 17 heavy (non-hydrogen) atoms. The van der Waals surface area contributed by atoms with Crippen LogP contribution in [0.5, 0.6) is 0 Å². The van der Waals surface area contributed by atoms with E-state index in [1.807, 2.05) is 7.05 Å². The molecule has 0 heterocycles. The average Bonchev–Trinajstić information content (AvgIpc) is 2.25. The quantitative estimate of drug-likeness (QED) is 0.596. The van der Waals surface area contributed by atoms with E-state index in [0.29, 0.717) is 19.3 Å². The van der Waals surface area contributed by atoms with E-state index < -0.39 is 0 Å². The van der Waals surface area contributed by atoms with Crippen LogP contribution in [-0.2, 0) is 14.2 Å². The molecule has 0 radical (unpaired) electrons. The second-order valence-electron chi connectivity index (χ2n) is 5.24. The molecule has 0 saturated carbocycles. The summed E-state index contributed by atoms with van der Waals surface area (Å²) >= 11 is 0. The number of likely N-dealkylation sites (N-methyl/N-ethyl adjacent to an activating group) is 1. The molecular weight excluding hydrogens is 218 g/mol. The van der Waals surface area contributed by atoms with Gasteiger partial charge in [-0.15, -0.1) is 0 Å². The van der Waals surface area contributed by atoms with Crippen molar-refractivity contribution < 1.29 is 14.2 Å². The summed E-state index contributed by atoms with van der Waals surface area (Å²) in [4.78, 5) is 0. The predicted molar refractivity (Wildman–Crippen MR) is 70.4 cm³/mol. The van der Waals surface area contributed by atoms with Crippen LogP contribution in [0.15, 0.2) is 0 Å². The SMILES string of the molecule is CNC(COCCCOCCOC)C(C)(C)C. The highest BCUT2D eigenvalue weighted by Crippen LogP contribution is 2.18. The number of nitrogens with one attached hydrogen (secondary N) is 1. The van der Waals surface area contributed by atoms with E-state index in [2.05, 4.69) is 26.1 Å². The van der Waals surface area contributed by atoms with Crippen LogP contribution in [-0.4, -0.2) is 53.2 Å². The molecule has 0 aliphatic heterocycles. The minimum Gasteiger partial charge on any atom is -0.382 e. The number of rotatable bonds is 10. The summed E-state index contributed by atoms with van der Waals surface area (Å²) in [6.45, 7) is 10.2. The van der Waals surface area contributed by atoms with Gasteiger partial charge in [0.2, 0.25) is 0 Å². The van der Waals surface area contributed by atoms with Crippen molar-refractivity contribution in [2.75, 3.05) is 47.2 Å². The van der Waals surface area contributed by atoms with E-state index in [0.717, 1.165) is 26.2 Å². The van der Waals surface area contributed by atoms with Crippen LogP contribution in [0.25, 0.3) is 0 Å². The first-order valence-electron chi connectivity index (χ1n) is 6.34. The zero-order valence-corrected chi connectivity index (χ0v) is 12.0. The molecule has 4 heteroatoms. The summed E-state index contributed by atoms with van der Waals surface area (Å²) in [7, 11) is 3.66. The maximum Gasteiger partial charge on any atom is 0.0700 e. The third kappa shape index (κ3) is 9.53. The van der Waals surface area contributed by atoms with Gasteiger partial charge in [-0.25, -0.2) is 0 Å². The maximum atomic E-state index is 5.65. The summed E-state index contributed by atoms with van der Waals surface area (Å²) in [6.07, 6.45) is 0.935. The van der Waals surface area contributed by atoms with Gasteiger partial charge in [0.1, 0.15) is 0 Å². The first kappa shape index (κ1) is 16.8. The number of ether oxygens (including phenoxy) is 3. The Hall–Kier alpha value is -0.160. The Kier molecular flexibility index (Phi) is 9.74. The first-order chi connectivity index (χ1) is 8.02. The van der Waals surface area contributed by atoms with Gasteiger partial charge in [0.15, 0.2) is 0 Å². The third-order valence-corrected chi connectivity index (χ3v) is 2.69. The Morgan fingerprint density at radius 2 is 1.65 bits per heavy atom. The lowest BCUT2D eigenvalue weighted by Gasteiger charge is -2.30. The molecular formula is C13H29NO3. The molecule has 0 fully saturated rings. The van der Waals surface area contributed by atoms with Crippen LogP contribution in [0.2, 0.25) is 0 Å². The zero-order valence-electron chi connectivity index (χ0n) is 12.0. The molecule has 0 saturated heterocycles. The Bertz CT molecular complexity index is 169. The van der Waals surface area contributed by atoms with Crippen LogP contribution in [0, 0.1) is 5.41 Å². The standard InChI is InChI=1S/C13H29NO3/c1-13(2,3)12(14-4)11-17-8-6-7-16-10-9-15-5/h12,14H,6-11H2,1-5H3. The van der Waals surface area contributed by atoms with Crippen molar-refractivity contribution in [2.45, 2.75) is 33.2 Å². The molecule has 0 amide bonds. The monoisotopic (exact) mass is 247 g/mol. The van der Waals surface area contributed by atoms with Crippen LogP contribution in [0.1, 0.15) is 27.2 Å². The molecule has 0 bridgehead atoms. The molecule has 0 rings (SSSR count). The van der Waals surface area contributed by atoms with Gasteiger partial charge in [0.25, 0.3) is 0 Å². The topological polar surface area (TPSA) is 39.7 Å². The molecule has 0 spiro atoms. The van der Waals surface area contributed by atoms with E-state index in [1.54, 1.807) is 7.11 Å². The van der Waals surface area contributed by atoms with Crippen molar-refractivity contribution in [3.05, 3.63) is 0 Å². The minimum absolute atomic E-state index is 0.226. The fraction of sp³-hybridized carbons (Fsp3) is 1.00. The third-order valence-electron chi connectivity index (χ3n) is 2.69. The predicted octanol–water partition coefficient (Wildman–Crippen LogP) is 1.69.